The van der Waals surface area contributed by atoms with E-state index in [-0.39, 0.29) is 11.8 Å². The molecule has 1 aromatic rings. The number of hydrogen-bond donors (Lipinski definition) is 2. The minimum Gasteiger partial charge on any atom is -0.481 e. The third-order valence-electron chi connectivity index (χ3n) is 4.07. The van der Waals surface area contributed by atoms with E-state index in [1.165, 1.54) is 7.11 Å². The third kappa shape index (κ3) is 3.63. The van der Waals surface area contributed by atoms with Crippen molar-refractivity contribution in [1.29, 1.82) is 0 Å². The molecule has 1 aliphatic rings. The van der Waals surface area contributed by atoms with Gasteiger partial charge in [-0.15, -0.1) is 0 Å². The zero-order valence-corrected chi connectivity index (χ0v) is 12.3. The molecule has 2 rings (SSSR count). The molecule has 0 bridgehead atoms. The van der Waals surface area contributed by atoms with Crippen LogP contribution in [0.5, 0.6) is 0 Å². The lowest BCUT2D eigenvalue weighted by molar-refractivity contribution is -0.145. The Labute approximate surface area is 128 Å². The highest BCUT2D eigenvalue weighted by Crippen LogP contribution is 2.33. The number of carbonyl (C=O) groups excluding carboxylic acids is 2. The van der Waals surface area contributed by atoms with Crippen molar-refractivity contribution in [3.05, 3.63) is 35.9 Å². The summed E-state index contributed by atoms with van der Waals surface area (Å²) in [6.07, 6.45) is 1.45. The van der Waals surface area contributed by atoms with Gasteiger partial charge in [-0.25, -0.2) is 4.79 Å². The average molecular weight is 305 g/mol. The van der Waals surface area contributed by atoms with Gasteiger partial charge in [0.1, 0.15) is 6.04 Å². The first-order valence-electron chi connectivity index (χ1n) is 7.19. The normalized spacial score (nSPS) is 21.9. The van der Waals surface area contributed by atoms with Gasteiger partial charge in [0.2, 0.25) is 0 Å². The predicted octanol–water partition coefficient (Wildman–Crippen LogP) is 1.46. The van der Waals surface area contributed by atoms with Gasteiger partial charge < -0.3 is 15.2 Å². The molecule has 6 nitrogen and oxygen atoms in total. The number of carboxylic acids is 1. The lowest BCUT2D eigenvalue weighted by Gasteiger charge is -2.22. The van der Waals surface area contributed by atoms with E-state index in [9.17, 15) is 14.4 Å². The first kappa shape index (κ1) is 16.0. The van der Waals surface area contributed by atoms with Crippen molar-refractivity contribution in [1.82, 2.24) is 5.32 Å². The van der Waals surface area contributed by atoms with Crippen molar-refractivity contribution in [2.24, 2.45) is 11.8 Å². The molecule has 1 fully saturated rings. The van der Waals surface area contributed by atoms with Gasteiger partial charge in [-0.1, -0.05) is 18.2 Å². The van der Waals surface area contributed by atoms with Gasteiger partial charge in [0.25, 0.3) is 5.91 Å². The fraction of sp³-hybridized carbons (Fsp3) is 0.438. The second kappa shape index (κ2) is 7.06. The van der Waals surface area contributed by atoms with E-state index in [1.807, 2.05) is 0 Å². The Hall–Kier alpha value is -2.37. The summed E-state index contributed by atoms with van der Waals surface area (Å²) in [7, 11) is 1.26. The number of carbonyl (C=O) groups is 3. The van der Waals surface area contributed by atoms with Gasteiger partial charge in [0, 0.05) is 5.56 Å². The summed E-state index contributed by atoms with van der Waals surface area (Å²) in [4.78, 5) is 35.2. The standard InChI is InChI=1S/C16H19NO5/c1-22-16(21)13(11-7-8-12(9-11)15(19)20)17-14(18)10-5-3-2-4-6-10/h2-6,11-13H,7-9H2,1H3,(H,17,18)(H,19,20)/t11-,12+,13-/m0/s1. The Balaban J connectivity index is 2.09. The van der Waals surface area contributed by atoms with Crippen molar-refractivity contribution < 1.29 is 24.2 Å². The second-order valence-electron chi connectivity index (χ2n) is 5.45. The monoisotopic (exact) mass is 305 g/mol. The second-order valence-corrected chi connectivity index (χ2v) is 5.45. The molecule has 3 atom stereocenters. The van der Waals surface area contributed by atoms with Crippen molar-refractivity contribution in [3.8, 4) is 0 Å². The van der Waals surface area contributed by atoms with Gasteiger partial charge in [0.15, 0.2) is 0 Å². The van der Waals surface area contributed by atoms with E-state index in [0.29, 0.717) is 24.8 Å². The van der Waals surface area contributed by atoms with E-state index in [2.05, 4.69) is 5.32 Å². The van der Waals surface area contributed by atoms with Gasteiger partial charge in [0.05, 0.1) is 13.0 Å². The fourth-order valence-corrected chi connectivity index (χ4v) is 2.85. The molecule has 1 aliphatic carbocycles. The topological polar surface area (TPSA) is 92.7 Å². The van der Waals surface area contributed by atoms with Gasteiger partial charge in [-0.2, -0.15) is 0 Å². The van der Waals surface area contributed by atoms with Crippen LogP contribution in [-0.4, -0.2) is 36.1 Å². The summed E-state index contributed by atoms with van der Waals surface area (Å²) in [5.74, 6) is -2.46. The molecule has 0 saturated heterocycles. The highest BCUT2D eigenvalue weighted by Gasteiger charge is 2.39. The first-order chi connectivity index (χ1) is 10.5. The number of rotatable bonds is 5. The molecule has 0 aliphatic heterocycles. The molecule has 118 valence electrons. The Morgan fingerprint density at radius 2 is 1.91 bits per heavy atom. The molecule has 2 N–H and O–H groups in total. The number of aliphatic carboxylic acids is 1. The summed E-state index contributed by atoms with van der Waals surface area (Å²) >= 11 is 0. The molecule has 1 amide bonds. The maximum atomic E-state index is 12.2. The number of methoxy groups -OCH3 is 1. The lowest BCUT2D eigenvalue weighted by atomic mass is 9.96. The van der Waals surface area contributed by atoms with Gasteiger partial charge in [-0.05, 0) is 37.3 Å². The Morgan fingerprint density at radius 3 is 2.45 bits per heavy atom. The highest BCUT2D eigenvalue weighted by atomic mass is 16.5. The summed E-state index contributed by atoms with van der Waals surface area (Å²) in [5, 5.41) is 11.7. The Kier molecular flexibility index (Phi) is 5.14. The van der Waals surface area contributed by atoms with E-state index < -0.39 is 23.9 Å². The number of nitrogens with one attached hydrogen (secondary N) is 1. The number of amides is 1. The summed E-state index contributed by atoms with van der Waals surface area (Å²) < 4.78 is 4.76. The quantitative estimate of drug-likeness (QED) is 0.803. The van der Waals surface area contributed by atoms with Crippen LogP contribution in [0.4, 0.5) is 0 Å². The number of carboxylic acid groups (broad SMARTS) is 1. The van der Waals surface area contributed by atoms with E-state index in [0.717, 1.165) is 0 Å². The Morgan fingerprint density at radius 1 is 1.23 bits per heavy atom. The molecule has 0 aromatic heterocycles. The number of hydrogen-bond acceptors (Lipinski definition) is 4. The average Bonchev–Trinajstić information content (AvgIpc) is 3.02. The maximum Gasteiger partial charge on any atom is 0.328 e. The zero-order valence-electron chi connectivity index (χ0n) is 12.3. The lowest BCUT2D eigenvalue weighted by Crippen LogP contribution is -2.46. The largest absolute Gasteiger partial charge is 0.481 e. The molecule has 0 unspecified atom stereocenters. The van der Waals surface area contributed by atoms with Crippen LogP contribution in [0.1, 0.15) is 29.6 Å². The Bertz CT molecular complexity index is 557. The molecule has 22 heavy (non-hydrogen) atoms. The molecule has 1 aromatic carbocycles. The van der Waals surface area contributed by atoms with Crippen molar-refractivity contribution in [2.45, 2.75) is 25.3 Å². The third-order valence-corrected chi connectivity index (χ3v) is 4.07. The van der Waals surface area contributed by atoms with Crippen LogP contribution in [-0.2, 0) is 14.3 Å². The van der Waals surface area contributed by atoms with E-state index in [1.54, 1.807) is 30.3 Å². The molecule has 0 heterocycles. The zero-order chi connectivity index (χ0) is 16.1. The van der Waals surface area contributed by atoms with Crippen LogP contribution in [0.25, 0.3) is 0 Å². The smallest absolute Gasteiger partial charge is 0.328 e. The van der Waals surface area contributed by atoms with Gasteiger partial charge >= 0.3 is 11.9 Å². The first-order valence-corrected chi connectivity index (χ1v) is 7.19. The minimum absolute atomic E-state index is 0.221. The van der Waals surface area contributed by atoms with Crippen LogP contribution in [0.3, 0.4) is 0 Å². The number of esters is 1. The molecular formula is C16H19NO5. The van der Waals surface area contributed by atoms with E-state index in [4.69, 9.17) is 9.84 Å². The van der Waals surface area contributed by atoms with Crippen LogP contribution in [0.2, 0.25) is 0 Å². The predicted molar refractivity (Wildman–Crippen MR) is 78.2 cm³/mol. The number of benzene rings is 1. The van der Waals surface area contributed by atoms with Crippen molar-refractivity contribution in [3.63, 3.8) is 0 Å². The molecule has 6 heteroatoms. The van der Waals surface area contributed by atoms with Crippen LogP contribution >= 0.6 is 0 Å². The molecule has 1 saturated carbocycles. The SMILES string of the molecule is COC(=O)[C@@H](NC(=O)c1ccccc1)[C@H]1CC[C@@H](C(=O)O)C1. The highest BCUT2D eigenvalue weighted by molar-refractivity contribution is 5.96. The summed E-state index contributed by atoms with van der Waals surface area (Å²) in [6.45, 7) is 0. The van der Waals surface area contributed by atoms with Crippen molar-refractivity contribution in [2.75, 3.05) is 7.11 Å². The van der Waals surface area contributed by atoms with E-state index >= 15 is 0 Å². The van der Waals surface area contributed by atoms with Crippen molar-refractivity contribution >= 4 is 17.8 Å². The molecular weight excluding hydrogens is 286 g/mol. The number of ether oxygens (including phenoxy) is 1. The molecule has 0 spiro atoms. The van der Waals surface area contributed by atoms with Crippen LogP contribution in [0, 0.1) is 11.8 Å². The fourth-order valence-electron chi connectivity index (χ4n) is 2.85. The summed E-state index contributed by atoms with van der Waals surface area (Å²) in [6, 6.07) is 7.75. The maximum absolute atomic E-state index is 12.2. The van der Waals surface area contributed by atoms with Crippen LogP contribution < -0.4 is 5.32 Å². The van der Waals surface area contributed by atoms with Crippen LogP contribution in [0.15, 0.2) is 30.3 Å². The minimum atomic E-state index is -0.861. The molecule has 0 radical (unpaired) electrons. The van der Waals surface area contributed by atoms with Gasteiger partial charge in [-0.3, -0.25) is 9.59 Å². The summed E-state index contributed by atoms with van der Waals surface area (Å²) in [5.41, 5.74) is 0.448.